The molecule has 0 saturated heterocycles. The number of hydrogen-bond acceptors (Lipinski definition) is 6. The summed E-state index contributed by atoms with van der Waals surface area (Å²) in [5.74, 6) is -1.32. The molecular weight excluding hydrogens is 356 g/mol. The molecule has 134 valence electrons. The van der Waals surface area contributed by atoms with E-state index in [9.17, 15) is 19.5 Å². The van der Waals surface area contributed by atoms with Gasteiger partial charge in [-0.1, -0.05) is 6.07 Å². The van der Waals surface area contributed by atoms with Crippen LogP contribution in [-0.2, 0) is 13.1 Å². The summed E-state index contributed by atoms with van der Waals surface area (Å²) < 4.78 is 3.00. The highest BCUT2D eigenvalue weighted by Gasteiger charge is 2.29. The van der Waals surface area contributed by atoms with E-state index in [-0.39, 0.29) is 33.0 Å². The minimum atomic E-state index is -0.544. The van der Waals surface area contributed by atoms with Crippen molar-refractivity contribution >= 4 is 35.9 Å². The van der Waals surface area contributed by atoms with E-state index < -0.39 is 17.4 Å². The number of carbonyl (C=O) groups excluding carboxylic acids is 2. The minimum absolute atomic E-state index is 0.0374. The number of carbonyl (C=O) groups is 2. The fourth-order valence-corrected chi connectivity index (χ4v) is 3.26. The molecule has 3 rings (SSSR count). The first kappa shape index (κ1) is 17.7. The highest BCUT2D eigenvalue weighted by molar-refractivity contribution is 7.71. The van der Waals surface area contributed by atoms with Crippen molar-refractivity contribution in [2.24, 2.45) is 4.99 Å². The van der Waals surface area contributed by atoms with Gasteiger partial charge in [0.2, 0.25) is 5.88 Å². The van der Waals surface area contributed by atoms with Crippen LogP contribution in [0.25, 0.3) is 0 Å². The van der Waals surface area contributed by atoms with Crippen LogP contribution >= 0.6 is 12.2 Å². The van der Waals surface area contributed by atoms with Gasteiger partial charge in [0.15, 0.2) is 4.77 Å². The summed E-state index contributed by atoms with van der Waals surface area (Å²) >= 11 is 5.23. The van der Waals surface area contributed by atoms with Gasteiger partial charge in [-0.25, -0.2) is 0 Å². The van der Waals surface area contributed by atoms with E-state index in [2.05, 4.69) is 10.3 Å². The van der Waals surface area contributed by atoms with Crippen molar-refractivity contribution in [1.29, 1.82) is 0 Å². The van der Waals surface area contributed by atoms with Crippen molar-refractivity contribution in [3.05, 3.63) is 50.0 Å². The van der Waals surface area contributed by atoms with E-state index in [1.54, 1.807) is 26.0 Å². The van der Waals surface area contributed by atoms with Gasteiger partial charge in [0.25, 0.3) is 17.4 Å². The van der Waals surface area contributed by atoms with Crippen molar-refractivity contribution in [2.75, 3.05) is 0 Å². The Morgan fingerprint density at radius 3 is 2.50 bits per heavy atom. The Labute approximate surface area is 153 Å². The zero-order valence-electron chi connectivity index (χ0n) is 14.1. The first-order valence-corrected chi connectivity index (χ1v) is 8.40. The third-order valence-corrected chi connectivity index (χ3v) is 4.58. The third kappa shape index (κ3) is 2.66. The first-order chi connectivity index (χ1) is 12.4. The average molecular weight is 372 g/mol. The Balaban J connectivity index is 2.18. The van der Waals surface area contributed by atoms with Gasteiger partial charge in [0.05, 0.1) is 16.8 Å². The highest BCUT2D eigenvalue weighted by atomic mass is 32.1. The molecule has 0 aliphatic carbocycles. The molecular formula is C17H16N4O4S. The van der Waals surface area contributed by atoms with E-state index >= 15 is 0 Å². The lowest BCUT2D eigenvalue weighted by Crippen LogP contribution is -2.27. The van der Waals surface area contributed by atoms with Gasteiger partial charge in [0.1, 0.15) is 5.56 Å². The Hall–Kier alpha value is -3.07. The molecule has 1 aromatic carbocycles. The molecule has 0 spiro atoms. The van der Waals surface area contributed by atoms with Crippen LogP contribution in [-0.4, -0.2) is 32.3 Å². The van der Waals surface area contributed by atoms with E-state index in [0.29, 0.717) is 13.1 Å². The van der Waals surface area contributed by atoms with Crippen LogP contribution < -0.4 is 10.9 Å². The van der Waals surface area contributed by atoms with Crippen molar-refractivity contribution in [2.45, 2.75) is 26.9 Å². The number of aromatic nitrogens is 2. The Morgan fingerprint density at radius 2 is 1.85 bits per heavy atom. The third-order valence-electron chi connectivity index (χ3n) is 4.14. The number of benzene rings is 1. The van der Waals surface area contributed by atoms with Crippen LogP contribution in [0.4, 0.5) is 5.69 Å². The number of hydrogen-bond donors (Lipinski definition) is 2. The maximum Gasteiger partial charge on any atom is 0.267 e. The lowest BCUT2D eigenvalue weighted by molar-refractivity contribution is 0.0880. The maximum absolute atomic E-state index is 12.6. The van der Waals surface area contributed by atoms with Crippen LogP contribution in [0.2, 0.25) is 0 Å². The summed E-state index contributed by atoms with van der Waals surface area (Å²) in [7, 11) is 0. The average Bonchev–Trinajstić information content (AvgIpc) is 2.90. The van der Waals surface area contributed by atoms with Gasteiger partial charge >= 0.3 is 0 Å². The van der Waals surface area contributed by atoms with Crippen molar-refractivity contribution < 1.29 is 14.7 Å². The molecule has 26 heavy (non-hydrogen) atoms. The Morgan fingerprint density at radius 1 is 1.15 bits per heavy atom. The number of aromatic hydroxyl groups is 1. The molecule has 0 unspecified atom stereocenters. The van der Waals surface area contributed by atoms with Crippen LogP contribution in [0, 0.1) is 4.77 Å². The van der Waals surface area contributed by atoms with Crippen molar-refractivity contribution in [3.8, 4) is 5.88 Å². The molecule has 1 aliphatic heterocycles. The number of amides is 2. The summed E-state index contributed by atoms with van der Waals surface area (Å²) in [5, 5.41) is 12.6. The molecule has 0 atom stereocenters. The molecule has 9 heteroatoms. The zero-order valence-corrected chi connectivity index (χ0v) is 15.0. The fourth-order valence-electron chi connectivity index (χ4n) is 2.83. The number of nitrogens with one attached hydrogen (secondary N) is 1. The molecule has 2 N–H and O–H groups in total. The predicted molar refractivity (Wildman–Crippen MR) is 98.0 cm³/mol. The number of fused-ring (bicyclic) bond motifs is 1. The molecule has 0 radical (unpaired) electrons. The van der Waals surface area contributed by atoms with Gasteiger partial charge in [-0.3, -0.25) is 33.8 Å². The van der Waals surface area contributed by atoms with Gasteiger partial charge < -0.3 is 5.11 Å². The summed E-state index contributed by atoms with van der Waals surface area (Å²) in [6.45, 7) is 4.29. The topological polar surface area (TPSA) is 106 Å². The molecule has 2 amide bonds. The standard InChI is InChI=1S/C17H16N4O4S/c1-3-20-15(24)10(16(25)21(4-2)17(20)26)8-18-11-7-5-6-9-12(11)14(23)19-13(9)22/h5-8,24H,3-4H2,1-2H3,(H,19,22,23). The van der Waals surface area contributed by atoms with Crippen molar-refractivity contribution in [3.63, 3.8) is 0 Å². The van der Waals surface area contributed by atoms with E-state index in [0.717, 1.165) is 0 Å². The summed E-state index contributed by atoms with van der Waals surface area (Å²) in [5.41, 5.74) is 0.0936. The van der Waals surface area contributed by atoms with E-state index in [4.69, 9.17) is 12.2 Å². The second-order valence-corrected chi connectivity index (χ2v) is 5.92. The number of aliphatic imine (C=N–C) groups is 1. The second kappa shape index (κ2) is 6.68. The first-order valence-electron chi connectivity index (χ1n) is 8.00. The quantitative estimate of drug-likeness (QED) is 0.483. The van der Waals surface area contributed by atoms with E-state index in [1.165, 1.54) is 21.4 Å². The lowest BCUT2D eigenvalue weighted by Gasteiger charge is -2.13. The molecule has 1 aromatic heterocycles. The molecule has 0 bridgehead atoms. The SMILES string of the molecule is CCn1c(O)c(C=Nc2cccc3c2C(=O)NC3=O)c(=O)n(CC)c1=S. The number of nitrogens with zero attached hydrogens (tertiary/aromatic N) is 3. The Bertz CT molecular complexity index is 1080. The van der Waals surface area contributed by atoms with Crippen LogP contribution in [0.5, 0.6) is 5.88 Å². The zero-order chi connectivity index (χ0) is 19.0. The second-order valence-electron chi connectivity index (χ2n) is 5.55. The largest absolute Gasteiger partial charge is 0.494 e. The molecule has 0 saturated carbocycles. The molecule has 2 aromatic rings. The molecule has 1 aliphatic rings. The van der Waals surface area contributed by atoms with Crippen LogP contribution in [0.15, 0.2) is 28.0 Å². The normalized spacial score (nSPS) is 13.3. The number of imide groups is 1. The molecule has 0 fully saturated rings. The van der Waals surface area contributed by atoms with Gasteiger partial charge in [-0.2, -0.15) is 0 Å². The summed E-state index contributed by atoms with van der Waals surface area (Å²) in [6.07, 6.45) is 1.19. The summed E-state index contributed by atoms with van der Waals surface area (Å²) in [6, 6.07) is 4.66. The van der Waals surface area contributed by atoms with Crippen molar-refractivity contribution in [1.82, 2.24) is 14.5 Å². The van der Waals surface area contributed by atoms with Gasteiger partial charge in [-0.15, -0.1) is 0 Å². The predicted octanol–water partition coefficient (Wildman–Crippen LogP) is 1.76. The smallest absolute Gasteiger partial charge is 0.267 e. The minimum Gasteiger partial charge on any atom is -0.494 e. The van der Waals surface area contributed by atoms with E-state index in [1.807, 2.05) is 0 Å². The van der Waals surface area contributed by atoms with Crippen LogP contribution in [0.1, 0.15) is 40.1 Å². The number of rotatable bonds is 4. The van der Waals surface area contributed by atoms with Crippen LogP contribution in [0.3, 0.4) is 0 Å². The lowest BCUT2D eigenvalue weighted by atomic mass is 10.1. The summed E-state index contributed by atoms with van der Waals surface area (Å²) in [4.78, 5) is 40.4. The van der Waals surface area contributed by atoms with Gasteiger partial charge in [0, 0.05) is 19.3 Å². The fraction of sp³-hybridized carbons (Fsp3) is 0.235. The Kier molecular flexibility index (Phi) is 4.56. The molecule has 2 heterocycles. The molecule has 8 nitrogen and oxygen atoms in total. The monoisotopic (exact) mass is 372 g/mol. The van der Waals surface area contributed by atoms with Gasteiger partial charge in [-0.05, 0) is 38.2 Å². The highest BCUT2D eigenvalue weighted by Crippen LogP contribution is 2.26. The maximum atomic E-state index is 12.6.